The fourth-order valence-electron chi connectivity index (χ4n) is 2.23. The Morgan fingerprint density at radius 3 is 2.76 bits per heavy atom. The number of carbonyl (C=O) groups is 3. The molecule has 1 aliphatic heterocycles. The van der Waals surface area contributed by atoms with Crippen molar-refractivity contribution in [1.29, 1.82) is 0 Å². The largest absolute Gasteiger partial charge is 0.359 e. The highest BCUT2D eigenvalue weighted by Crippen LogP contribution is 2.17. The van der Waals surface area contributed by atoms with Crippen LogP contribution in [0, 0.1) is 11.6 Å². The van der Waals surface area contributed by atoms with Crippen LogP contribution in [-0.2, 0) is 14.4 Å². The number of hydrogen-bond acceptors (Lipinski definition) is 5. The molecule has 0 aromatic heterocycles. The number of benzene rings is 1. The molecule has 2 atom stereocenters. The van der Waals surface area contributed by atoms with Gasteiger partial charge in [0.1, 0.15) is 17.1 Å². The molecule has 1 saturated heterocycles. The van der Waals surface area contributed by atoms with Crippen molar-refractivity contribution in [3.8, 4) is 0 Å². The van der Waals surface area contributed by atoms with Crippen LogP contribution in [0.5, 0.6) is 0 Å². The van der Waals surface area contributed by atoms with Gasteiger partial charge in [0.15, 0.2) is 0 Å². The number of carbonyl (C=O) groups excluding carboxylic acids is 3. The van der Waals surface area contributed by atoms with Crippen LogP contribution in [0.1, 0.15) is 12.8 Å². The van der Waals surface area contributed by atoms with Crippen molar-refractivity contribution >= 4 is 35.2 Å². The van der Waals surface area contributed by atoms with E-state index in [2.05, 4.69) is 21.3 Å². The summed E-state index contributed by atoms with van der Waals surface area (Å²) in [6.45, 7) is 0. The molecular weight excluding hydrogens is 354 g/mol. The fourth-order valence-corrected chi connectivity index (χ4v) is 3.12. The van der Waals surface area contributed by atoms with Gasteiger partial charge in [-0.3, -0.25) is 19.7 Å². The number of thioether (sulfide) groups is 1. The van der Waals surface area contributed by atoms with Gasteiger partial charge in [-0.2, -0.15) is 0 Å². The number of anilines is 1. The van der Waals surface area contributed by atoms with Crippen LogP contribution in [-0.4, -0.2) is 42.1 Å². The van der Waals surface area contributed by atoms with E-state index in [1.807, 2.05) is 0 Å². The summed E-state index contributed by atoms with van der Waals surface area (Å²) in [7, 11) is 1.51. The second-order valence-corrected chi connectivity index (χ2v) is 6.47. The highest BCUT2D eigenvalue weighted by atomic mass is 32.2. The first-order valence-corrected chi connectivity index (χ1v) is 8.54. The van der Waals surface area contributed by atoms with E-state index < -0.39 is 23.0 Å². The van der Waals surface area contributed by atoms with Gasteiger partial charge in [-0.15, -0.1) is 11.8 Å². The normalized spacial score (nSPS) is 19.9. The Morgan fingerprint density at radius 1 is 1.32 bits per heavy atom. The van der Waals surface area contributed by atoms with Gasteiger partial charge >= 0.3 is 0 Å². The fraction of sp³-hybridized carbons (Fsp3) is 0.400. The maximum atomic E-state index is 13.5. The summed E-state index contributed by atoms with van der Waals surface area (Å²) in [5.74, 6) is -2.59. The minimum Gasteiger partial charge on any atom is -0.359 e. The minimum atomic E-state index is -0.868. The molecule has 0 radical (unpaired) electrons. The third-order valence-electron chi connectivity index (χ3n) is 3.41. The first-order chi connectivity index (χ1) is 11.9. The minimum absolute atomic E-state index is 0.0680. The Kier molecular flexibility index (Phi) is 6.71. The van der Waals surface area contributed by atoms with E-state index in [1.165, 1.54) is 7.05 Å². The summed E-state index contributed by atoms with van der Waals surface area (Å²) >= 11 is 1.09. The monoisotopic (exact) mass is 372 g/mol. The average molecular weight is 372 g/mol. The lowest BCUT2D eigenvalue weighted by molar-refractivity contribution is -0.125. The smallest absolute Gasteiger partial charge is 0.234 e. The number of amides is 3. The van der Waals surface area contributed by atoms with Gasteiger partial charge < -0.3 is 16.0 Å². The van der Waals surface area contributed by atoms with Gasteiger partial charge in [0.2, 0.25) is 17.7 Å². The molecular formula is C15H18F2N4O3S. The van der Waals surface area contributed by atoms with Gasteiger partial charge in [0.05, 0.1) is 11.4 Å². The van der Waals surface area contributed by atoms with Gasteiger partial charge in [-0.25, -0.2) is 8.78 Å². The molecule has 2 rings (SSSR count). The summed E-state index contributed by atoms with van der Waals surface area (Å²) in [5, 5.41) is 10.5. The highest BCUT2D eigenvalue weighted by Gasteiger charge is 2.27. The van der Waals surface area contributed by atoms with Crippen molar-refractivity contribution in [3.05, 3.63) is 29.8 Å². The van der Waals surface area contributed by atoms with Crippen LogP contribution in [0.15, 0.2) is 18.2 Å². The van der Waals surface area contributed by atoms with Crippen LogP contribution >= 0.6 is 11.8 Å². The van der Waals surface area contributed by atoms with Gasteiger partial charge in [-0.1, -0.05) is 0 Å². The molecule has 25 heavy (non-hydrogen) atoms. The highest BCUT2D eigenvalue weighted by molar-refractivity contribution is 8.00. The molecule has 136 valence electrons. The van der Waals surface area contributed by atoms with E-state index in [0.717, 1.165) is 23.9 Å². The summed E-state index contributed by atoms with van der Waals surface area (Å²) < 4.78 is 26.3. The molecule has 1 aliphatic rings. The predicted octanol–water partition coefficient (Wildman–Crippen LogP) is 0.534. The van der Waals surface area contributed by atoms with Gasteiger partial charge in [0, 0.05) is 32.0 Å². The average Bonchev–Trinajstić information content (AvgIpc) is 2.55. The van der Waals surface area contributed by atoms with Crippen LogP contribution in [0.2, 0.25) is 0 Å². The molecule has 1 aromatic rings. The molecule has 4 N–H and O–H groups in total. The number of halogens is 2. The first kappa shape index (κ1) is 19.1. The van der Waals surface area contributed by atoms with Gasteiger partial charge in [-0.05, 0) is 12.1 Å². The Labute approximate surface area is 147 Å². The molecule has 1 heterocycles. The summed E-state index contributed by atoms with van der Waals surface area (Å²) in [6, 6.07) is 2.52. The van der Waals surface area contributed by atoms with Crippen molar-refractivity contribution in [2.24, 2.45) is 0 Å². The quantitative estimate of drug-likeness (QED) is 0.584. The Morgan fingerprint density at radius 2 is 2.08 bits per heavy atom. The van der Waals surface area contributed by atoms with Crippen molar-refractivity contribution in [1.82, 2.24) is 16.0 Å². The summed E-state index contributed by atoms with van der Waals surface area (Å²) in [5.41, 5.74) is -0.662. The Bertz CT molecular complexity index is 674. The van der Waals surface area contributed by atoms with Crippen molar-refractivity contribution in [2.45, 2.75) is 24.4 Å². The molecule has 0 bridgehead atoms. The Balaban J connectivity index is 1.83. The Hall–Kier alpha value is -2.20. The lowest BCUT2D eigenvalue weighted by Crippen LogP contribution is -2.55. The number of nitrogens with one attached hydrogen (secondary N) is 4. The van der Waals surface area contributed by atoms with E-state index in [0.29, 0.717) is 6.07 Å². The van der Waals surface area contributed by atoms with Crippen LogP contribution in [0.25, 0.3) is 0 Å². The molecule has 2 unspecified atom stereocenters. The molecule has 1 aromatic carbocycles. The maximum Gasteiger partial charge on any atom is 0.234 e. The predicted molar refractivity (Wildman–Crippen MR) is 89.6 cm³/mol. The molecule has 0 spiro atoms. The van der Waals surface area contributed by atoms with Crippen molar-refractivity contribution < 1.29 is 23.2 Å². The second-order valence-electron chi connectivity index (χ2n) is 5.38. The molecule has 7 nitrogen and oxygen atoms in total. The molecule has 10 heteroatoms. The van der Waals surface area contributed by atoms with Crippen molar-refractivity contribution in [2.75, 3.05) is 18.1 Å². The summed E-state index contributed by atoms with van der Waals surface area (Å²) in [4.78, 5) is 35.0. The lowest BCUT2D eigenvalue weighted by atomic mass is 10.1. The third-order valence-corrected chi connectivity index (χ3v) is 4.42. The van der Waals surface area contributed by atoms with E-state index in [1.54, 1.807) is 0 Å². The molecule has 1 fully saturated rings. The van der Waals surface area contributed by atoms with Crippen molar-refractivity contribution in [3.63, 3.8) is 0 Å². The zero-order valence-electron chi connectivity index (χ0n) is 13.4. The second kappa shape index (κ2) is 8.77. The summed E-state index contributed by atoms with van der Waals surface area (Å²) in [6.07, 6.45) is 0.311. The number of hydrogen-bond donors (Lipinski definition) is 4. The topological polar surface area (TPSA) is 99.3 Å². The van der Waals surface area contributed by atoms with E-state index in [9.17, 15) is 23.2 Å². The molecule has 0 saturated carbocycles. The van der Waals surface area contributed by atoms with Crippen LogP contribution in [0.4, 0.5) is 14.5 Å². The zero-order chi connectivity index (χ0) is 18.4. The third kappa shape index (κ3) is 5.98. The SMILES string of the molecule is CNC(=O)CC1CC(=O)NC(SCC(=O)Nc2ccc(F)cc2F)N1. The van der Waals surface area contributed by atoms with E-state index >= 15 is 0 Å². The molecule has 3 amide bonds. The van der Waals surface area contributed by atoms with E-state index in [-0.39, 0.29) is 42.1 Å². The molecule has 0 aliphatic carbocycles. The zero-order valence-corrected chi connectivity index (χ0v) is 14.2. The first-order valence-electron chi connectivity index (χ1n) is 7.50. The standard InChI is InChI=1S/C15H18F2N4O3S/c1-18-12(22)5-9-6-13(23)21-15(19-9)25-7-14(24)20-11-3-2-8(16)4-10(11)17/h2-4,9,15,19H,5-7H2,1H3,(H,18,22)(H,20,24)(H,21,23). The van der Waals surface area contributed by atoms with Crippen LogP contribution in [0.3, 0.4) is 0 Å². The number of rotatable bonds is 6. The van der Waals surface area contributed by atoms with Crippen LogP contribution < -0.4 is 21.3 Å². The maximum absolute atomic E-state index is 13.5. The lowest BCUT2D eigenvalue weighted by Gasteiger charge is -2.30. The van der Waals surface area contributed by atoms with Gasteiger partial charge in [0.25, 0.3) is 0 Å². The van der Waals surface area contributed by atoms with E-state index in [4.69, 9.17) is 0 Å².